The molecule has 0 bridgehead atoms. The lowest BCUT2D eigenvalue weighted by molar-refractivity contribution is 0.327. The Kier molecular flexibility index (Phi) is 3.99. The Morgan fingerprint density at radius 1 is 1.44 bits per heavy atom. The molecule has 1 fully saturated rings. The zero-order valence-electron chi connectivity index (χ0n) is 9.70. The van der Waals surface area contributed by atoms with Crippen molar-refractivity contribution in [2.75, 3.05) is 25.0 Å². The molecular formula is C12H19N3O. The van der Waals surface area contributed by atoms with Gasteiger partial charge >= 0.3 is 0 Å². The number of pyridine rings is 1. The van der Waals surface area contributed by atoms with Crippen molar-refractivity contribution in [1.82, 2.24) is 10.3 Å². The standard InChI is InChI=1S/C12H19N3O/c1-2-16-12-5-3-4-11(15-12)14-10-6-8-13-9-7-10/h3-5,10,13H,2,6-9H2,1H3,(H,14,15). The zero-order chi connectivity index (χ0) is 11.2. The molecule has 16 heavy (non-hydrogen) atoms. The van der Waals surface area contributed by atoms with E-state index in [1.54, 1.807) is 0 Å². The Bertz CT molecular complexity index is 324. The third-order valence-electron chi connectivity index (χ3n) is 2.71. The minimum absolute atomic E-state index is 0.533. The molecule has 1 saturated heterocycles. The minimum Gasteiger partial charge on any atom is -0.478 e. The molecule has 0 unspecified atom stereocenters. The van der Waals surface area contributed by atoms with Gasteiger partial charge in [0.2, 0.25) is 5.88 Å². The van der Waals surface area contributed by atoms with Crippen molar-refractivity contribution in [1.29, 1.82) is 0 Å². The molecule has 4 heteroatoms. The summed E-state index contributed by atoms with van der Waals surface area (Å²) in [6.45, 7) is 4.80. The summed E-state index contributed by atoms with van der Waals surface area (Å²) in [5.74, 6) is 1.61. The Hall–Kier alpha value is -1.29. The van der Waals surface area contributed by atoms with Gasteiger partial charge in [-0.25, -0.2) is 0 Å². The van der Waals surface area contributed by atoms with Crippen LogP contribution in [0.25, 0.3) is 0 Å². The number of hydrogen-bond acceptors (Lipinski definition) is 4. The van der Waals surface area contributed by atoms with Crippen molar-refractivity contribution in [3.05, 3.63) is 18.2 Å². The van der Waals surface area contributed by atoms with E-state index in [4.69, 9.17) is 4.74 Å². The Labute approximate surface area is 96.4 Å². The molecule has 0 spiro atoms. The van der Waals surface area contributed by atoms with Gasteiger partial charge in [-0.1, -0.05) is 6.07 Å². The van der Waals surface area contributed by atoms with E-state index in [0.717, 1.165) is 31.7 Å². The van der Waals surface area contributed by atoms with Crippen LogP contribution in [0.1, 0.15) is 19.8 Å². The smallest absolute Gasteiger partial charge is 0.215 e. The van der Waals surface area contributed by atoms with E-state index in [9.17, 15) is 0 Å². The highest BCUT2D eigenvalue weighted by atomic mass is 16.5. The first-order valence-corrected chi connectivity index (χ1v) is 5.95. The summed E-state index contributed by atoms with van der Waals surface area (Å²) in [4.78, 5) is 4.40. The predicted octanol–water partition coefficient (Wildman–Crippen LogP) is 1.64. The SMILES string of the molecule is CCOc1cccc(NC2CCNCC2)n1. The second-order valence-corrected chi connectivity index (χ2v) is 3.96. The van der Waals surface area contributed by atoms with Crippen molar-refractivity contribution in [2.24, 2.45) is 0 Å². The van der Waals surface area contributed by atoms with Crippen LogP contribution in [0.15, 0.2) is 18.2 Å². The van der Waals surface area contributed by atoms with Crippen LogP contribution in [0.4, 0.5) is 5.82 Å². The molecular weight excluding hydrogens is 202 g/mol. The van der Waals surface area contributed by atoms with Crippen LogP contribution in [0.5, 0.6) is 5.88 Å². The van der Waals surface area contributed by atoms with Gasteiger partial charge in [0.05, 0.1) is 6.61 Å². The third kappa shape index (κ3) is 3.10. The fourth-order valence-electron chi connectivity index (χ4n) is 1.90. The first-order valence-electron chi connectivity index (χ1n) is 5.95. The number of ether oxygens (including phenoxy) is 1. The molecule has 0 aliphatic carbocycles. The van der Waals surface area contributed by atoms with Gasteiger partial charge in [-0.3, -0.25) is 0 Å². The highest BCUT2D eigenvalue weighted by Crippen LogP contribution is 2.14. The van der Waals surface area contributed by atoms with Gasteiger partial charge in [0.25, 0.3) is 0 Å². The molecule has 4 nitrogen and oxygen atoms in total. The van der Waals surface area contributed by atoms with E-state index < -0.39 is 0 Å². The molecule has 1 aromatic rings. The van der Waals surface area contributed by atoms with Gasteiger partial charge in [-0.2, -0.15) is 4.98 Å². The van der Waals surface area contributed by atoms with E-state index >= 15 is 0 Å². The van der Waals surface area contributed by atoms with Gasteiger partial charge < -0.3 is 15.4 Å². The van der Waals surface area contributed by atoms with Crippen LogP contribution < -0.4 is 15.4 Å². The summed E-state index contributed by atoms with van der Waals surface area (Å²) >= 11 is 0. The quantitative estimate of drug-likeness (QED) is 0.811. The van der Waals surface area contributed by atoms with Crippen LogP contribution in [-0.4, -0.2) is 30.7 Å². The molecule has 88 valence electrons. The lowest BCUT2D eigenvalue weighted by Gasteiger charge is -2.24. The zero-order valence-corrected chi connectivity index (χ0v) is 9.70. The number of nitrogens with one attached hydrogen (secondary N) is 2. The van der Waals surface area contributed by atoms with E-state index in [1.807, 2.05) is 25.1 Å². The summed E-state index contributed by atoms with van der Waals surface area (Å²) in [5.41, 5.74) is 0. The molecule has 0 aromatic carbocycles. The van der Waals surface area contributed by atoms with E-state index in [1.165, 1.54) is 0 Å². The number of rotatable bonds is 4. The molecule has 0 radical (unpaired) electrons. The van der Waals surface area contributed by atoms with Crippen molar-refractivity contribution >= 4 is 5.82 Å². The first kappa shape index (κ1) is 11.2. The molecule has 1 aromatic heterocycles. The van der Waals surface area contributed by atoms with Crippen LogP contribution in [0.2, 0.25) is 0 Å². The molecule has 1 aliphatic rings. The third-order valence-corrected chi connectivity index (χ3v) is 2.71. The van der Waals surface area contributed by atoms with E-state index in [2.05, 4.69) is 15.6 Å². The fourth-order valence-corrected chi connectivity index (χ4v) is 1.90. The highest BCUT2D eigenvalue weighted by Gasteiger charge is 2.12. The molecule has 1 aliphatic heterocycles. The summed E-state index contributed by atoms with van der Waals surface area (Å²) in [7, 11) is 0. The van der Waals surface area contributed by atoms with Gasteiger partial charge in [-0.05, 0) is 38.9 Å². The molecule has 0 saturated carbocycles. The fraction of sp³-hybridized carbons (Fsp3) is 0.583. The van der Waals surface area contributed by atoms with Crippen molar-refractivity contribution in [3.63, 3.8) is 0 Å². The molecule has 0 amide bonds. The average Bonchev–Trinajstić information content (AvgIpc) is 2.31. The number of nitrogens with zero attached hydrogens (tertiary/aromatic N) is 1. The van der Waals surface area contributed by atoms with Gasteiger partial charge in [-0.15, -0.1) is 0 Å². The van der Waals surface area contributed by atoms with E-state index in [0.29, 0.717) is 18.5 Å². The van der Waals surface area contributed by atoms with E-state index in [-0.39, 0.29) is 0 Å². The lowest BCUT2D eigenvalue weighted by atomic mass is 10.1. The van der Waals surface area contributed by atoms with Crippen molar-refractivity contribution < 1.29 is 4.74 Å². The largest absolute Gasteiger partial charge is 0.478 e. The minimum atomic E-state index is 0.533. The van der Waals surface area contributed by atoms with Crippen molar-refractivity contribution in [3.8, 4) is 5.88 Å². The number of aromatic nitrogens is 1. The van der Waals surface area contributed by atoms with Crippen LogP contribution in [0, 0.1) is 0 Å². The highest BCUT2D eigenvalue weighted by molar-refractivity contribution is 5.38. The van der Waals surface area contributed by atoms with Gasteiger partial charge in [0, 0.05) is 12.1 Å². The summed E-state index contributed by atoms with van der Waals surface area (Å²) < 4.78 is 5.37. The summed E-state index contributed by atoms with van der Waals surface area (Å²) in [6.07, 6.45) is 2.31. The average molecular weight is 221 g/mol. The maximum Gasteiger partial charge on any atom is 0.215 e. The maximum absolute atomic E-state index is 5.37. The number of hydrogen-bond donors (Lipinski definition) is 2. The molecule has 2 N–H and O–H groups in total. The van der Waals surface area contributed by atoms with Crippen LogP contribution in [0.3, 0.4) is 0 Å². The first-order chi connectivity index (χ1) is 7.88. The second kappa shape index (κ2) is 5.70. The van der Waals surface area contributed by atoms with Gasteiger partial charge in [0.1, 0.15) is 5.82 Å². The molecule has 0 atom stereocenters. The Morgan fingerprint density at radius 2 is 2.25 bits per heavy atom. The Balaban J connectivity index is 1.94. The molecule has 2 heterocycles. The summed E-state index contributed by atoms with van der Waals surface area (Å²) in [6, 6.07) is 6.38. The monoisotopic (exact) mass is 221 g/mol. The van der Waals surface area contributed by atoms with Crippen LogP contribution >= 0.6 is 0 Å². The normalized spacial score (nSPS) is 17.1. The maximum atomic E-state index is 5.37. The molecule has 2 rings (SSSR count). The predicted molar refractivity (Wildman–Crippen MR) is 64.9 cm³/mol. The number of piperidine rings is 1. The summed E-state index contributed by atoms with van der Waals surface area (Å²) in [5, 5.41) is 6.80. The lowest BCUT2D eigenvalue weighted by Crippen LogP contribution is -2.35. The van der Waals surface area contributed by atoms with Gasteiger partial charge in [0.15, 0.2) is 0 Å². The Morgan fingerprint density at radius 3 is 3.00 bits per heavy atom. The second-order valence-electron chi connectivity index (χ2n) is 3.96. The van der Waals surface area contributed by atoms with Crippen molar-refractivity contribution in [2.45, 2.75) is 25.8 Å². The van der Waals surface area contributed by atoms with Crippen LogP contribution in [-0.2, 0) is 0 Å². The topological polar surface area (TPSA) is 46.2 Å². The number of anilines is 1.